The van der Waals surface area contributed by atoms with Crippen LogP contribution in [0.5, 0.6) is 0 Å². The van der Waals surface area contributed by atoms with Gasteiger partial charge in [-0.3, -0.25) is 4.79 Å². The topological polar surface area (TPSA) is 68.0 Å². The number of rotatable bonds is 9. The Bertz CT molecular complexity index is 1510. The number of fused-ring (bicyclic) bond motifs is 1. The van der Waals surface area contributed by atoms with Gasteiger partial charge in [-0.1, -0.05) is 36.4 Å². The van der Waals surface area contributed by atoms with Crippen LogP contribution in [0, 0.1) is 0 Å². The molecule has 4 aromatic rings. The fourth-order valence-electron chi connectivity index (χ4n) is 4.49. The molecule has 0 aliphatic heterocycles. The van der Waals surface area contributed by atoms with Gasteiger partial charge in [0.25, 0.3) is 17.9 Å². The highest BCUT2D eigenvalue weighted by Gasteiger charge is 2.30. The maximum atomic E-state index is 13.0. The van der Waals surface area contributed by atoms with Crippen molar-refractivity contribution in [2.45, 2.75) is 6.54 Å². The predicted molar refractivity (Wildman–Crippen MR) is 159 cm³/mol. The molecule has 0 saturated carbocycles. The Labute approximate surface area is 230 Å². The molecule has 2 aromatic carbocycles. The Morgan fingerprint density at radius 3 is 1.92 bits per heavy atom. The van der Waals surface area contributed by atoms with Crippen molar-refractivity contribution in [3.63, 3.8) is 0 Å². The van der Waals surface area contributed by atoms with Crippen LogP contribution in [0.3, 0.4) is 0 Å². The second-order valence-corrected chi connectivity index (χ2v) is 9.85. The van der Waals surface area contributed by atoms with Crippen LogP contribution >= 0.6 is 0 Å². The van der Waals surface area contributed by atoms with E-state index >= 15 is 0 Å². The Morgan fingerprint density at radius 1 is 0.897 bits per heavy atom. The van der Waals surface area contributed by atoms with Crippen LogP contribution in [-0.4, -0.2) is 57.3 Å². The van der Waals surface area contributed by atoms with Crippen LogP contribution in [0.25, 0.3) is 30.0 Å². The molecular weight excluding hydrogens is 488 g/mol. The number of carbonyl (C=O) groups is 1. The number of aliphatic hydroxyl groups excluding tert-OH is 1. The third-order valence-corrected chi connectivity index (χ3v) is 6.76. The number of anilines is 2. The van der Waals surface area contributed by atoms with Crippen molar-refractivity contribution in [1.29, 1.82) is 0 Å². The van der Waals surface area contributed by atoms with Gasteiger partial charge in [-0.2, -0.15) is 4.40 Å². The summed E-state index contributed by atoms with van der Waals surface area (Å²) in [6.07, 6.45) is 10.1. The van der Waals surface area contributed by atoms with Gasteiger partial charge in [-0.05, 0) is 47.5 Å². The number of amides is 1. The number of hydrogen-bond acceptors (Lipinski definition) is 4. The van der Waals surface area contributed by atoms with Crippen LogP contribution in [0.2, 0.25) is 0 Å². The molecule has 0 radical (unpaired) electrons. The van der Waals surface area contributed by atoms with Crippen molar-refractivity contribution >= 4 is 47.2 Å². The summed E-state index contributed by atoms with van der Waals surface area (Å²) < 4.78 is 5.80. The van der Waals surface area contributed by atoms with Crippen LogP contribution in [-0.2, 0) is 13.6 Å². The van der Waals surface area contributed by atoms with Gasteiger partial charge < -0.3 is 20.2 Å². The Balaban J connectivity index is 1.85. The number of hydrogen-bond donors (Lipinski definition) is 2. The first kappa shape index (κ1) is 27.6. The van der Waals surface area contributed by atoms with Crippen LogP contribution < -0.4 is 24.3 Å². The highest BCUT2D eigenvalue weighted by molar-refractivity contribution is 5.95. The number of imidazole rings is 1. The van der Waals surface area contributed by atoms with Crippen molar-refractivity contribution in [3.8, 4) is 0 Å². The number of carbonyl (C=O) groups excluding carboxylic acids is 1. The van der Waals surface area contributed by atoms with E-state index in [9.17, 15) is 9.90 Å². The van der Waals surface area contributed by atoms with Crippen molar-refractivity contribution in [2.24, 2.45) is 7.05 Å². The summed E-state index contributed by atoms with van der Waals surface area (Å²) in [5.74, 6) is -0.212. The zero-order valence-corrected chi connectivity index (χ0v) is 23.6. The number of aliphatic hydroxyl groups is 1. The van der Waals surface area contributed by atoms with Gasteiger partial charge in [0.1, 0.15) is 17.9 Å². The molecule has 2 aromatic heterocycles. The van der Waals surface area contributed by atoms with Crippen LogP contribution in [0.1, 0.15) is 33.0 Å². The Morgan fingerprint density at radius 2 is 1.44 bits per heavy atom. The lowest BCUT2D eigenvalue weighted by Gasteiger charge is -2.11. The maximum Gasteiger partial charge on any atom is 0.343 e. The maximum absolute atomic E-state index is 13.0. The van der Waals surface area contributed by atoms with Gasteiger partial charge in [0.05, 0.1) is 13.7 Å². The van der Waals surface area contributed by atoms with E-state index in [-0.39, 0.29) is 12.5 Å². The Hall–Kier alpha value is -4.43. The number of aromatic nitrogens is 3. The molecule has 39 heavy (non-hydrogen) atoms. The van der Waals surface area contributed by atoms with Gasteiger partial charge in [0.15, 0.2) is 0 Å². The molecule has 0 saturated heterocycles. The number of nitrogens with one attached hydrogen (secondary N) is 1. The molecule has 0 aliphatic rings. The molecule has 2 heterocycles. The monoisotopic (exact) mass is 526 g/mol. The van der Waals surface area contributed by atoms with Gasteiger partial charge in [-0.15, -0.1) is 0 Å². The molecule has 8 nitrogen and oxygen atoms in total. The van der Waals surface area contributed by atoms with E-state index in [1.54, 1.807) is 11.6 Å². The minimum absolute atomic E-state index is 0.0750. The first-order valence-electron chi connectivity index (χ1n) is 12.9. The zero-order chi connectivity index (χ0) is 28.1. The average Bonchev–Trinajstić information content (AvgIpc) is 3.32. The van der Waals surface area contributed by atoms with E-state index in [0.717, 1.165) is 39.5 Å². The first-order valence-corrected chi connectivity index (χ1v) is 12.9. The summed E-state index contributed by atoms with van der Waals surface area (Å²) >= 11 is 0. The van der Waals surface area contributed by atoms with Gasteiger partial charge >= 0.3 is 5.65 Å². The smallest absolute Gasteiger partial charge is 0.343 e. The SMILES string of the molecule is CNC(=O)c1c2n(c[n+]1CCO)c(/C=C/c1ccc(N(C)C)cc1)cc(/C=C/c1ccc(N(C)C)cc1)[n+]2C. The van der Waals surface area contributed by atoms with Gasteiger partial charge in [0.2, 0.25) is 0 Å². The van der Waals surface area contributed by atoms with E-state index in [4.69, 9.17) is 0 Å². The number of nitrogens with zero attached hydrogens (tertiary/aromatic N) is 5. The molecule has 2 N–H and O–H groups in total. The second kappa shape index (κ2) is 12.0. The molecule has 202 valence electrons. The number of benzene rings is 2. The van der Waals surface area contributed by atoms with E-state index in [1.165, 1.54) is 0 Å². The van der Waals surface area contributed by atoms with Crippen LogP contribution in [0.4, 0.5) is 11.4 Å². The fraction of sp³-hybridized carbons (Fsp3) is 0.258. The average molecular weight is 527 g/mol. The molecule has 4 rings (SSSR count). The molecule has 8 heteroatoms. The van der Waals surface area contributed by atoms with Crippen molar-refractivity contribution in [1.82, 2.24) is 9.72 Å². The van der Waals surface area contributed by atoms with Gasteiger partial charge in [0, 0.05) is 52.7 Å². The minimum atomic E-state index is -0.212. The second-order valence-electron chi connectivity index (χ2n) is 9.85. The molecule has 0 bridgehead atoms. The van der Waals surface area contributed by atoms with Crippen molar-refractivity contribution < 1.29 is 19.0 Å². The quantitative estimate of drug-likeness (QED) is 0.329. The summed E-state index contributed by atoms with van der Waals surface area (Å²) in [5.41, 5.74) is 7.49. The molecule has 1 amide bonds. The van der Waals surface area contributed by atoms with Crippen LogP contribution in [0.15, 0.2) is 60.9 Å². The lowest BCUT2D eigenvalue weighted by Crippen LogP contribution is -2.44. The Kier molecular flexibility index (Phi) is 8.46. The van der Waals surface area contributed by atoms with E-state index in [1.807, 2.05) is 50.5 Å². The highest BCUT2D eigenvalue weighted by Crippen LogP contribution is 2.18. The summed E-state index contributed by atoms with van der Waals surface area (Å²) in [6, 6.07) is 18.8. The standard InChI is InChI=1S/C31H37N6O2/c1-32-30(39)29-31-35(6)27(17-11-23-7-13-25(14-8-23)33(2)3)21-28(37(31)22-36(29)19-20-38)18-12-24-9-15-26(16-10-24)34(4)5/h7-18,21-22,38H,19-20H2,1-6H3/q+1/p+1. The zero-order valence-electron chi connectivity index (χ0n) is 23.6. The molecule has 0 unspecified atom stereocenters. The third kappa shape index (κ3) is 6.02. The molecule has 0 spiro atoms. The molecule has 0 atom stereocenters. The largest absolute Gasteiger partial charge is 0.392 e. The van der Waals surface area contributed by atoms with Crippen molar-refractivity contribution in [2.75, 3.05) is 51.6 Å². The van der Waals surface area contributed by atoms with Crippen molar-refractivity contribution in [3.05, 3.63) is 89.1 Å². The first-order chi connectivity index (χ1) is 18.7. The summed E-state index contributed by atoms with van der Waals surface area (Å²) in [4.78, 5) is 17.1. The fourth-order valence-corrected chi connectivity index (χ4v) is 4.49. The molecular formula is C31H38N6O2+2. The summed E-state index contributed by atoms with van der Waals surface area (Å²) in [6.45, 7) is 0.233. The lowest BCUT2D eigenvalue weighted by molar-refractivity contribution is -0.703. The predicted octanol–water partition coefficient (Wildman–Crippen LogP) is 2.88. The summed E-state index contributed by atoms with van der Waals surface area (Å²) in [5, 5.41) is 12.5. The lowest BCUT2D eigenvalue weighted by atomic mass is 10.1. The summed E-state index contributed by atoms with van der Waals surface area (Å²) in [7, 11) is 11.7. The van der Waals surface area contributed by atoms with E-state index in [2.05, 4.69) is 94.0 Å². The molecule has 0 fully saturated rings. The van der Waals surface area contributed by atoms with E-state index < -0.39 is 0 Å². The van der Waals surface area contributed by atoms with Gasteiger partial charge in [-0.25, -0.2) is 9.13 Å². The normalized spacial score (nSPS) is 11.6. The third-order valence-electron chi connectivity index (χ3n) is 6.76. The molecule has 0 aliphatic carbocycles. The number of aryl methyl sites for hydroxylation is 1. The van der Waals surface area contributed by atoms with E-state index in [0.29, 0.717) is 12.2 Å². The highest BCUT2D eigenvalue weighted by atomic mass is 16.3. The minimum Gasteiger partial charge on any atom is -0.392 e.